The Labute approximate surface area is 151 Å². The van der Waals surface area contributed by atoms with Crippen LogP contribution in [-0.2, 0) is 23.9 Å². The van der Waals surface area contributed by atoms with Gasteiger partial charge >= 0.3 is 5.97 Å². The summed E-state index contributed by atoms with van der Waals surface area (Å²) in [5.74, 6) is -0.969. The molecule has 0 spiro atoms. The number of carbonyl (C=O) groups is 3. The van der Waals surface area contributed by atoms with E-state index in [1.165, 1.54) is 12.0 Å². The van der Waals surface area contributed by atoms with E-state index in [0.29, 0.717) is 37.7 Å². The molecule has 0 aliphatic carbocycles. The van der Waals surface area contributed by atoms with Gasteiger partial charge in [-0.05, 0) is 12.1 Å². The van der Waals surface area contributed by atoms with Crippen molar-refractivity contribution in [2.45, 2.75) is 6.42 Å². The molecule has 1 aromatic carbocycles. The van der Waals surface area contributed by atoms with Crippen LogP contribution in [0.15, 0.2) is 24.3 Å². The van der Waals surface area contributed by atoms with Crippen molar-refractivity contribution >= 4 is 23.5 Å². The van der Waals surface area contributed by atoms with Crippen LogP contribution in [-0.4, -0.2) is 69.2 Å². The largest absolute Gasteiger partial charge is 0.495 e. The van der Waals surface area contributed by atoms with Crippen LogP contribution in [0.3, 0.4) is 0 Å². The minimum absolute atomic E-state index is 0.0582. The van der Waals surface area contributed by atoms with Gasteiger partial charge in [0, 0.05) is 26.1 Å². The van der Waals surface area contributed by atoms with Crippen LogP contribution in [0.5, 0.6) is 5.75 Å². The van der Waals surface area contributed by atoms with Gasteiger partial charge in [-0.2, -0.15) is 0 Å². The Kier molecular flexibility index (Phi) is 5.72. The lowest BCUT2D eigenvalue weighted by atomic mass is 10.1. The van der Waals surface area contributed by atoms with Crippen molar-refractivity contribution in [3.8, 4) is 5.75 Å². The first-order valence-corrected chi connectivity index (χ1v) is 8.55. The second-order valence-electron chi connectivity index (χ2n) is 6.18. The van der Waals surface area contributed by atoms with E-state index in [-0.39, 0.29) is 31.4 Å². The molecule has 26 heavy (non-hydrogen) atoms. The Morgan fingerprint density at radius 1 is 1.23 bits per heavy atom. The van der Waals surface area contributed by atoms with Gasteiger partial charge in [0.15, 0.2) is 6.61 Å². The van der Waals surface area contributed by atoms with Crippen LogP contribution >= 0.6 is 0 Å². The van der Waals surface area contributed by atoms with Crippen molar-refractivity contribution in [3.05, 3.63) is 24.3 Å². The van der Waals surface area contributed by atoms with Gasteiger partial charge in [-0.15, -0.1) is 0 Å². The number of amides is 2. The maximum atomic E-state index is 12.3. The Morgan fingerprint density at radius 2 is 1.96 bits per heavy atom. The minimum Gasteiger partial charge on any atom is -0.495 e. The molecule has 0 radical (unpaired) electrons. The monoisotopic (exact) mass is 362 g/mol. The third kappa shape index (κ3) is 3.96. The first-order chi connectivity index (χ1) is 12.6. The maximum Gasteiger partial charge on any atom is 0.311 e. The predicted molar refractivity (Wildman–Crippen MR) is 91.8 cm³/mol. The Bertz CT molecular complexity index is 686. The quantitative estimate of drug-likeness (QED) is 0.707. The number of hydrogen-bond acceptors (Lipinski definition) is 6. The molecule has 2 heterocycles. The molecule has 0 N–H and O–H groups in total. The highest BCUT2D eigenvalue weighted by atomic mass is 16.5. The molecule has 1 aromatic rings. The van der Waals surface area contributed by atoms with E-state index < -0.39 is 11.9 Å². The van der Waals surface area contributed by atoms with E-state index in [1.54, 1.807) is 23.1 Å². The number of morpholine rings is 1. The normalized spacial score (nSPS) is 20.2. The van der Waals surface area contributed by atoms with E-state index in [0.717, 1.165) is 0 Å². The SMILES string of the molecule is COc1ccccc1N1C[C@@H](C(=O)OCC(=O)N2CCOCC2)CC1=O. The van der Waals surface area contributed by atoms with Crippen molar-refractivity contribution in [3.63, 3.8) is 0 Å². The van der Waals surface area contributed by atoms with Crippen molar-refractivity contribution in [2.24, 2.45) is 5.92 Å². The summed E-state index contributed by atoms with van der Waals surface area (Å²) in [4.78, 5) is 39.8. The zero-order valence-corrected chi connectivity index (χ0v) is 14.7. The minimum atomic E-state index is -0.593. The lowest BCUT2D eigenvalue weighted by Gasteiger charge is -2.26. The highest BCUT2D eigenvalue weighted by Gasteiger charge is 2.37. The number of carbonyl (C=O) groups excluding carboxylic acids is 3. The molecule has 2 aliphatic heterocycles. The first kappa shape index (κ1) is 18.2. The molecule has 0 bridgehead atoms. The standard InChI is InChI=1S/C18H22N2O6/c1-24-15-5-3-2-4-14(15)20-11-13(10-16(20)21)18(23)26-12-17(22)19-6-8-25-9-7-19/h2-5,13H,6-12H2,1H3/t13-/m0/s1. The third-order valence-electron chi connectivity index (χ3n) is 4.54. The van der Waals surface area contributed by atoms with Gasteiger partial charge in [-0.25, -0.2) is 0 Å². The molecular weight excluding hydrogens is 340 g/mol. The fraction of sp³-hybridized carbons (Fsp3) is 0.500. The lowest BCUT2D eigenvalue weighted by Crippen LogP contribution is -2.43. The van der Waals surface area contributed by atoms with Gasteiger partial charge in [0.05, 0.1) is 31.9 Å². The lowest BCUT2D eigenvalue weighted by molar-refractivity contribution is -0.156. The van der Waals surface area contributed by atoms with Crippen molar-refractivity contribution < 1.29 is 28.6 Å². The molecule has 2 aliphatic rings. The second-order valence-corrected chi connectivity index (χ2v) is 6.18. The summed E-state index contributed by atoms with van der Waals surface area (Å²) >= 11 is 0. The average molecular weight is 362 g/mol. The first-order valence-electron chi connectivity index (χ1n) is 8.55. The number of methoxy groups -OCH3 is 1. The molecule has 1 atom stereocenters. The number of para-hydroxylation sites is 2. The zero-order chi connectivity index (χ0) is 18.5. The number of nitrogens with zero attached hydrogens (tertiary/aromatic N) is 2. The van der Waals surface area contributed by atoms with Gasteiger partial charge in [0.2, 0.25) is 5.91 Å². The summed E-state index contributed by atoms with van der Waals surface area (Å²) in [6, 6.07) is 7.14. The molecule has 140 valence electrons. The summed E-state index contributed by atoms with van der Waals surface area (Å²) in [5, 5.41) is 0. The number of esters is 1. The number of anilines is 1. The Morgan fingerprint density at radius 3 is 2.69 bits per heavy atom. The van der Waals surface area contributed by atoms with Crippen molar-refractivity contribution in [1.82, 2.24) is 4.90 Å². The third-order valence-corrected chi connectivity index (χ3v) is 4.54. The van der Waals surface area contributed by atoms with E-state index >= 15 is 0 Å². The maximum absolute atomic E-state index is 12.3. The zero-order valence-electron chi connectivity index (χ0n) is 14.7. The van der Waals surface area contributed by atoms with Crippen LogP contribution in [0.1, 0.15) is 6.42 Å². The fourth-order valence-electron chi connectivity index (χ4n) is 3.11. The highest BCUT2D eigenvalue weighted by molar-refractivity contribution is 6.00. The summed E-state index contributed by atoms with van der Waals surface area (Å²) < 4.78 is 15.6. The molecule has 2 fully saturated rings. The van der Waals surface area contributed by atoms with Crippen LogP contribution in [0.2, 0.25) is 0 Å². The van der Waals surface area contributed by atoms with E-state index in [1.807, 2.05) is 6.07 Å². The van der Waals surface area contributed by atoms with E-state index in [2.05, 4.69) is 0 Å². The predicted octanol–water partition coefficient (Wildman–Crippen LogP) is 0.450. The molecular formula is C18H22N2O6. The fourth-order valence-corrected chi connectivity index (χ4v) is 3.11. The van der Waals surface area contributed by atoms with E-state index in [4.69, 9.17) is 14.2 Å². The Hall–Kier alpha value is -2.61. The number of benzene rings is 1. The van der Waals surface area contributed by atoms with Crippen LogP contribution in [0, 0.1) is 5.92 Å². The van der Waals surface area contributed by atoms with Gasteiger partial charge < -0.3 is 24.0 Å². The summed E-state index contributed by atoms with van der Waals surface area (Å²) in [7, 11) is 1.53. The molecule has 0 aromatic heterocycles. The second kappa shape index (κ2) is 8.18. The molecule has 2 amide bonds. The molecule has 3 rings (SSSR count). The average Bonchev–Trinajstić information content (AvgIpc) is 3.08. The van der Waals surface area contributed by atoms with Crippen LogP contribution in [0.25, 0.3) is 0 Å². The van der Waals surface area contributed by atoms with Gasteiger partial charge in [0.25, 0.3) is 5.91 Å². The highest BCUT2D eigenvalue weighted by Crippen LogP contribution is 2.33. The smallest absolute Gasteiger partial charge is 0.311 e. The summed E-state index contributed by atoms with van der Waals surface area (Å²) in [6.07, 6.45) is 0.0582. The molecule has 8 nitrogen and oxygen atoms in total. The molecule has 2 saturated heterocycles. The van der Waals surface area contributed by atoms with Crippen molar-refractivity contribution in [1.29, 1.82) is 0 Å². The number of hydrogen-bond donors (Lipinski definition) is 0. The summed E-state index contributed by atoms with van der Waals surface area (Å²) in [6.45, 7) is 1.89. The van der Waals surface area contributed by atoms with Crippen LogP contribution in [0.4, 0.5) is 5.69 Å². The number of rotatable bonds is 5. The molecule has 0 unspecified atom stereocenters. The topological polar surface area (TPSA) is 85.4 Å². The summed E-state index contributed by atoms with van der Waals surface area (Å²) in [5.41, 5.74) is 0.625. The van der Waals surface area contributed by atoms with Crippen LogP contribution < -0.4 is 9.64 Å². The Balaban J connectivity index is 1.56. The van der Waals surface area contributed by atoms with Gasteiger partial charge in [-0.3, -0.25) is 14.4 Å². The van der Waals surface area contributed by atoms with Crippen molar-refractivity contribution in [2.75, 3.05) is 51.5 Å². The molecule has 8 heteroatoms. The van der Waals surface area contributed by atoms with E-state index in [9.17, 15) is 14.4 Å². The molecule has 0 saturated carbocycles. The number of ether oxygens (including phenoxy) is 3. The van der Waals surface area contributed by atoms with Gasteiger partial charge in [-0.1, -0.05) is 12.1 Å². The van der Waals surface area contributed by atoms with Gasteiger partial charge in [0.1, 0.15) is 5.75 Å².